The van der Waals surface area contributed by atoms with E-state index in [0.29, 0.717) is 0 Å². The minimum atomic E-state index is 0.169. The smallest absolute Gasteiger partial charge is 0.0968 e. The first kappa shape index (κ1) is 10.6. The van der Waals surface area contributed by atoms with Crippen LogP contribution in [0.2, 0.25) is 0 Å². The van der Waals surface area contributed by atoms with Crippen LogP contribution in [0.1, 0.15) is 17.3 Å². The number of hydrogen-bond donors (Lipinski definition) is 0. The third kappa shape index (κ3) is 1.76. The molecule has 1 atom stereocenters. The fraction of sp³-hybridized carbons (Fsp3) is 0.118. The van der Waals surface area contributed by atoms with Gasteiger partial charge in [-0.05, 0) is 23.8 Å². The maximum atomic E-state index is 4.77. The number of pyridine rings is 1. The van der Waals surface area contributed by atoms with Gasteiger partial charge >= 0.3 is 0 Å². The van der Waals surface area contributed by atoms with Gasteiger partial charge < -0.3 is 0 Å². The van der Waals surface area contributed by atoms with Crippen LogP contribution in [0.3, 0.4) is 0 Å². The van der Waals surface area contributed by atoms with E-state index in [2.05, 4.69) is 42.5 Å². The van der Waals surface area contributed by atoms with Gasteiger partial charge in [-0.25, -0.2) is 0 Å². The van der Waals surface area contributed by atoms with Crippen molar-refractivity contribution in [2.24, 2.45) is 0 Å². The molecule has 2 nitrogen and oxygen atoms in total. The molecule has 2 heterocycles. The van der Waals surface area contributed by atoms with Crippen LogP contribution in [0.5, 0.6) is 0 Å². The number of para-hydroxylation sites is 2. The van der Waals surface area contributed by atoms with Crippen LogP contribution >= 0.6 is 0 Å². The Morgan fingerprint density at radius 1 is 0.842 bits per heavy atom. The molecule has 0 fully saturated rings. The topological polar surface area (TPSA) is 27.0 Å². The molecule has 0 spiro atoms. The first-order valence-electron chi connectivity index (χ1n) is 6.54. The lowest BCUT2D eigenvalue weighted by molar-refractivity contribution is 0.648. The molecule has 1 unspecified atom stereocenters. The van der Waals surface area contributed by atoms with Crippen LogP contribution in [0.4, 0.5) is 5.69 Å². The molecule has 3 aromatic rings. The number of nitrogens with zero attached hydrogens (tertiary/aromatic N) is 2. The summed E-state index contributed by atoms with van der Waals surface area (Å²) in [7, 11) is 0. The van der Waals surface area contributed by atoms with E-state index in [9.17, 15) is 0 Å². The summed E-state index contributed by atoms with van der Waals surface area (Å²) in [4.78, 5) is 4.75. The molecule has 0 saturated carbocycles. The molecule has 1 radical (unpaired) electrons. The largest absolute Gasteiger partial charge is 0.275 e. The first-order valence-corrected chi connectivity index (χ1v) is 6.54. The van der Waals surface area contributed by atoms with Gasteiger partial charge in [-0.3, -0.25) is 10.3 Å². The molecule has 0 saturated heterocycles. The van der Waals surface area contributed by atoms with Crippen LogP contribution in [0, 0.1) is 0 Å². The van der Waals surface area contributed by atoms with E-state index in [1.165, 1.54) is 10.9 Å². The normalized spacial score (nSPS) is 17.2. The lowest BCUT2D eigenvalue weighted by Crippen LogP contribution is -2.06. The summed E-state index contributed by atoms with van der Waals surface area (Å²) in [5.74, 6) is 0. The molecule has 0 amide bonds. The second-order valence-corrected chi connectivity index (χ2v) is 4.91. The predicted molar refractivity (Wildman–Crippen MR) is 76.4 cm³/mol. The third-order valence-electron chi connectivity index (χ3n) is 3.66. The third-order valence-corrected chi connectivity index (χ3v) is 3.66. The van der Waals surface area contributed by atoms with Crippen molar-refractivity contribution in [1.82, 2.24) is 10.3 Å². The van der Waals surface area contributed by atoms with E-state index in [0.717, 1.165) is 23.3 Å². The van der Waals surface area contributed by atoms with Gasteiger partial charge in [-0.1, -0.05) is 42.5 Å². The monoisotopic (exact) mass is 245 g/mol. The van der Waals surface area contributed by atoms with E-state index < -0.39 is 0 Å². The average Bonchev–Trinajstić information content (AvgIpc) is 2.90. The van der Waals surface area contributed by atoms with Crippen LogP contribution < -0.4 is 5.32 Å². The Morgan fingerprint density at radius 2 is 1.68 bits per heavy atom. The summed E-state index contributed by atoms with van der Waals surface area (Å²) in [6.07, 6.45) is 0.960. The van der Waals surface area contributed by atoms with Crippen molar-refractivity contribution < 1.29 is 0 Å². The lowest BCUT2D eigenvalue weighted by atomic mass is 10.1. The molecule has 2 heteroatoms. The molecule has 91 valence electrons. The average molecular weight is 245 g/mol. The van der Waals surface area contributed by atoms with Gasteiger partial charge in [0.05, 0.1) is 22.9 Å². The van der Waals surface area contributed by atoms with E-state index in [1.54, 1.807) is 0 Å². The van der Waals surface area contributed by atoms with Crippen molar-refractivity contribution in [3.63, 3.8) is 0 Å². The van der Waals surface area contributed by atoms with Crippen molar-refractivity contribution in [3.05, 3.63) is 71.9 Å². The molecular weight excluding hydrogens is 232 g/mol. The molecule has 0 bridgehead atoms. The Morgan fingerprint density at radius 3 is 2.63 bits per heavy atom. The van der Waals surface area contributed by atoms with Gasteiger partial charge in [0.25, 0.3) is 0 Å². The minimum Gasteiger partial charge on any atom is -0.275 e. The Kier molecular flexibility index (Phi) is 2.27. The second kappa shape index (κ2) is 4.09. The SMILES string of the molecule is c1ccc2c(c1)CC(c1ccc3ccccc3n1)[N]2. The first-order chi connectivity index (χ1) is 9.40. The van der Waals surface area contributed by atoms with Gasteiger partial charge in [0.15, 0.2) is 0 Å². The summed E-state index contributed by atoms with van der Waals surface area (Å²) in [5.41, 5.74) is 4.55. The number of fused-ring (bicyclic) bond motifs is 2. The second-order valence-electron chi connectivity index (χ2n) is 4.91. The maximum absolute atomic E-state index is 4.77. The number of hydrogen-bond acceptors (Lipinski definition) is 1. The minimum absolute atomic E-state index is 0.169. The highest BCUT2D eigenvalue weighted by atomic mass is 15.0. The zero-order valence-corrected chi connectivity index (χ0v) is 10.5. The van der Waals surface area contributed by atoms with Crippen LogP contribution in [0.15, 0.2) is 60.7 Å². The summed E-state index contributed by atoms with van der Waals surface area (Å²) in [6.45, 7) is 0. The van der Waals surface area contributed by atoms with Gasteiger partial charge in [-0.2, -0.15) is 0 Å². The molecule has 19 heavy (non-hydrogen) atoms. The molecule has 1 aliphatic rings. The molecule has 4 rings (SSSR count). The van der Waals surface area contributed by atoms with Crippen molar-refractivity contribution in [2.45, 2.75) is 12.5 Å². The summed E-state index contributed by atoms with van der Waals surface area (Å²) >= 11 is 0. The Hall–Kier alpha value is -2.35. The van der Waals surface area contributed by atoms with Gasteiger partial charge in [0.2, 0.25) is 0 Å². The predicted octanol–water partition coefficient (Wildman–Crippen LogP) is 3.77. The molecule has 0 aliphatic carbocycles. The molecule has 2 aromatic carbocycles. The quantitative estimate of drug-likeness (QED) is 0.641. The summed E-state index contributed by atoms with van der Waals surface area (Å²) in [6, 6.07) is 21.0. The fourth-order valence-electron chi connectivity index (χ4n) is 2.67. The van der Waals surface area contributed by atoms with Crippen molar-refractivity contribution in [1.29, 1.82) is 0 Å². The Labute approximate surface area is 112 Å². The van der Waals surface area contributed by atoms with Gasteiger partial charge in [0.1, 0.15) is 0 Å². The van der Waals surface area contributed by atoms with Crippen molar-refractivity contribution >= 4 is 16.6 Å². The van der Waals surface area contributed by atoms with E-state index >= 15 is 0 Å². The van der Waals surface area contributed by atoms with Crippen LogP contribution in [0.25, 0.3) is 10.9 Å². The molecule has 1 aliphatic heterocycles. The Balaban J connectivity index is 1.73. The standard InChI is InChI=1S/C17H13N2/c1-3-7-14-12(5-1)9-10-16(18-14)17-11-13-6-2-4-8-15(13)19-17/h1-10,17H,11H2. The number of benzene rings is 2. The highest BCUT2D eigenvalue weighted by Crippen LogP contribution is 2.33. The maximum Gasteiger partial charge on any atom is 0.0968 e. The molecule has 0 N–H and O–H groups in total. The fourth-order valence-corrected chi connectivity index (χ4v) is 2.67. The van der Waals surface area contributed by atoms with Crippen molar-refractivity contribution in [3.8, 4) is 0 Å². The van der Waals surface area contributed by atoms with E-state index in [-0.39, 0.29) is 6.04 Å². The number of aromatic nitrogens is 1. The van der Waals surface area contributed by atoms with Crippen LogP contribution in [-0.2, 0) is 6.42 Å². The number of rotatable bonds is 1. The van der Waals surface area contributed by atoms with Gasteiger partial charge in [-0.15, -0.1) is 0 Å². The summed E-state index contributed by atoms with van der Waals surface area (Å²) < 4.78 is 0. The highest BCUT2D eigenvalue weighted by Gasteiger charge is 2.24. The summed E-state index contributed by atoms with van der Waals surface area (Å²) in [5, 5.41) is 5.95. The van der Waals surface area contributed by atoms with Crippen LogP contribution in [-0.4, -0.2) is 4.98 Å². The Bertz CT molecular complexity index is 724. The zero-order chi connectivity index (χ0) is 12.7. The lowest BCUT2D eigenvalue weighted by Gasteiger charge is -2.09. The van der Waals surface area contributed by atoms with Crippen molar-refractivity contribution in [2.75, 3.05) is 0 Å². The zero-order valence-electron chi connectivity index (χ0n) is 10.5. The van der Waals surface area contributed by atoms with E-state index in [4.69, 9.17) is 10.3 Å². The highest BCUT2D eigenvalue weighted by molar-refractivity contribution is 5.78. The van der Waals surface area contributed by atoms with E-state index in [1.807, 2.05) is 18.2 Å². The molecular formula is C17H13N2. The van der Waals surface area contributed by atoms with Gasteiger partial charge in [0, 0.05) is 11.8 Å². The molecule has 1 aromatic heterocycles.